The summed E-state index contributed by atoms with van der Waals surface area (Å²) >= 11 is 0. The van der Waals surface area contributed by atoms with Gasteiger partial charge in [0.05, 0.1) is 6.61 Å². The predicted octanol–water partition coefficient (Wildman–Crippen LogP) is 0.474. The minimum absolute atomic E-state index is 0.131. The Hall–Kier alpha value is -0.910. The zero-order chi connectivity index (χ0) is 14.4. The summed E-state index contributed by atoms with van der Waals surface area (Å²) in [5.41, 5.74) is 0. The van der Waals surface area contributed by atoms with Crippen molar-refractivity contribution in [2.24, 2.45) is 0 Å². The normalized spacial score (nSPS) is 25.6. The number of hydrogen-bond donors (Lipinski definition) is 1. The summed E-state index contributed by atoms with van der Waals surface area (Å²) in [6, 6.07) is 0.529. The zero-order valence-electron chi connectivity index (χ0n) is 12.5. The largest absolute Gasteiger partial charge is 0.368 e. The van der Waals surface area contributed by atoms with E-state index in [2.05, 4.69) is 16.8 Å². The molecule has 114 valence electrons. The van der Waals surface area contributed by atoms with Gasteiger partial charge in [0.15, 0.2) is 0 Å². The van der Waals surface area contributed by atoms with Crippen LogP contribution in [0.3, 0.4) is 0 Å². The molecule has 0 radical (unpaired) electrons. The summed E-state index contributed by atoms with van der Waals surface area (Å²) in [4.78, 5) is 16.8. The predicted molar refractivity (Wildman–Crippen MR) is 79.7 cm³/mol. The van der Waals surface area contributed by atoms with Gasteiger partial charge in [-0.05, 0) is 19.8 Å². The van der Waals surface area contributed by atoms with Gasteiger partial charge in [-0.2, -0.15) is 0 Å². The van der Waals surface area contributed by atoms with Gasteiger partial charge >= 0.3 is 0 Å². The lowest BCUT2D eigenvalue weighted by Gasteiger charge is -2.32. The molecule has 20 heavy (non-hydrogen) atoms. The molecule has 0 saturated carbocycles. The van der Waals surface area contributed by atoms with E-state index in [-0.39, 0.29) is 12.0 Å². The second-order valence-electron chi connectivity index (χ2n) is 5.60. The topological polar surface area (TPSA) is 44.8 Å². The Kier molecular flexibility index (Phi) is 6.01. The van der Waals surface area contributed by atoms with E-state index < -0.39 is 0 Å². The number of ether oxygens (including phenoxy) is 1. The fourth-order valence-electron chi connectivity index (χ4n) is 2.94. The van der Waals surface area contributed by atoms with Gasteiger partial charge < -0.3 is 15.0 Å². The van der Waals surface area contributed by atoms with Crippen molar-refractivity contribution >= 4 is 5.91 Å². The second kappa shape index (κ2) is 7.76. The summed E-state index contributed by atoms with van der Waals surface area (Å²) < 4.78 is 5.55. The number of likely N-dealkylation sites (tertiary alicyclic amines) is 1. The van der Waals surface area contributed by atoms with Crippen molar-refractivity contribution in [2.45, 2.75) is 31.9 Å². The lowest BCUT2D eigenvalue weighted by atomic mass is 10.2. The lowest BCUT2D eigenvalue weighted by Crippen LogP contribution is -2.49. The van der Waals surface area contributed by atoms with Crippen LogP contribution >= 0.6 is 0 Å². The van der Waals surface area contributed by atoms with Crippen molar-refractivity contribution in [3.8, 4) is 0 Å². The fraction of sp³-hybridized carbons (Fsp3) is 0.800. The Morgan fingerprint density at radius 2 is 2.20 bits per heavy atom. The van der Waals surface area contributed by atoms with Gasteiger partial charge in [0, 0.05) is 45.3 Å². The molecule has 5 nitrogen and oxygen atoms in total. The van der Waals surface area contributed by atoms with Crippen molar-refractivity contribution in [1.82, 2.24) is 15.1 Å². The maximum absolute atomic E-state index is 12.3. The van der Waals surface area contributed by atoms with Crippen molar-refractivity contribution in [3.05, 3.63) is 12.7 Å². The van der Waals surface area contributed by atoms with E-state index in [9.17, 15) is 4.79 Å². The first kappa shape index (κ1) is 15.5. The van der Waals surface area contributed by atoms with E-state index in [1.165, 1.54) is 0 Å². The highest BCUT2D eigenvalue weighted by Crippen LogP contribution is 2.17. The molecule has 2 fully saturated rings. The summed E-state index contributed by atoms with van der Waals surface area (Å²) in [7, 11) is 0. The van der Waals surface area contributed by atoms with Crippen LogP contribution in [0.5, 0.6) is 0 Å². The molecule has 1 N–H and O–H groups in total. The Morgan fingerprint density at radius 1 is 1.45 bits per heavy atom. The first-order valence-electron chi connectivity index (χ1n) is 7.68. The maximum Gasteiger partial charge on any atom is 0.251 e. The number of carbonyl (C=O) groups excluding carboxylic acids is 1. The summed E-state index contributed by atoms with van der Waals surface area (Å²) in [6.45, 7) is 12.1. The average Bonchev–Trinajstić information content (AvgIpc) is 2.97. The molecule has 2 aliphatic heterocycles. The van der Waals surface area contributed by atoms with Crippen molar-refractivity contribution in [1.29, 1.82) is 0 Å². The van der Waals surface area contributed by atoms with E-state index in [1.807, 2.05) is 17.9 Å². The van der Waals surface area contributed by atoms with Crippen molar-refractivity contribution < 1.29 is 9.53 Å². The standard InChI is InChI=1S/C15H27N3O2/c1-3-4-11-20-13(2)15(19)18-8-5-14(12-18)17-9-6-16-7-10-17/h3,13-14,16H,1,4-12H2,2H3. The molecular formula is C15H27N3O2. The summed E-state index contributed by atoms with van der Waals surface area (Å²) in [5.74, 6) is 0.131. The van der Waals surface area contributed by atoms with Gasteiger partial charge in [-0.15, -0.1) is 6.58 Å². The molecule has 2 heterocycles. The third kappa shape index (κ3) is 4.04. The minimum Gasteiger partial charge on any atom is -0.368 e. The molecule has 0 aromatic heterocycles. The van der Waals surface area contributed by atoms with Crippen LogP contribution in [0.25, 0.3) is 0 Å². The van der Waals surface area contributed by atoms with E-state index >= 15 is 0 Å². The van der Waals surface area contributed by atoms with Gasteiger partial charge in [-0.3, -0.25) is 9.69 Å². The van der Waals surface area contributed by atoms with Crippen LogP contribution in [0.1, 0.15) is 19.8 Å². The van der Waals surface area contributed by atoms with Gasteiger partial charge in [-0.1, -0.05) is 6.08 Å². The Bertz CT molecular complexity index is 329. The Balaban J connectivity index is 1.76. The molecule has 5 heteroatoms. The third-order valence-corrected chi connectivity index (χ3v) is 4.18. The molecule has 1 amide bonds. The molecule has 0 aromatic rings. The summed E-state index contributed by atoms with van der Waals surface area (Å²) in [6.07, 6.45) is 3.36. The SMILES string of the molecule is C=CCCOC(C)C(=O)N1CCC(N2CCNCC2)C1. The first-order chi connectivity index (χ1) is 9.72. The molecule has 0 spiro atoms. The summed E-state index contributed by atoms with van der Waals surface area (Å²) in [5, 5.41) is 3.37. The molecule has 2 rings (SSSR count). The zero-order valence-corrected chi connectivity index (χ0v) is 12.5. The monoisotopic (exact) mass is 281 g/mol. The van der Waals surface area contributed by atoms with Gasteiger partial charge in [-0.25, -0.2) is 0 Å². The van der Waals surface area contributed by atoms with Crippen molar-refractivity contribution in [3.63, 3.8) is 0 Å². The third-order valence-electron chi connectivity index (χ3n) is 4.18. The average molecular weight is 281 g/mol. The molecule has 0 bridgehead atoms. The number of amides is 1. The van der Waals surface area contributed by atoms with Gasteiger partial charge in [0.2, 0.25) is 0 Å². The van der Waals surface area contributed by atoms with Crippen LogP contribution in [0.4, 0.5) is 0 Å². The number of carbonyl (C=O) groups is 1. The molecule has 2 atom stereocenters. The highest BCUT2D eigenvalue weighted by atomic mass is 16.5. The number of hydrogen-bond acceptors (Lipinski definition) is 4. The smallest absolute Gasteiger partial charge is 0.251 e. The quantitative estimate of drug-likeness (QED) is 0.568. The molecular weight excluding hydrogens is 254 g/mol. The number of rotatable bonds is 6. The van der Waals surface area contributed by atoms with Crippen LogP contribution in [0.2, 0.25) is 0 Å². The van der Waals surface area contributed by atoms with E-state index in [0.29, 0.717) is 12.6 Å². The van der Waals surface area contributed by atoms with Gasteiger partial charge in [0.1, 0.15) is 6.10 Å². The highest BCUT2D eigenvalue weighted by molar-refractivity contribution is 5.80. The molecule has 2 aliphatic rings. The Labute approximate surface area is 121 Å². The van der Waals surface area contributed by atoms with Crippen LogP contribution in [-0.2, 0) is 9.53 Å². The van der Waals surface area contributed by atoms with Crippen molar-refractivity contribution in [2.75, 3.05) is 45.9 Å². The van der Waals surface area contributed by atoms with Crippen LogP contribution in [-0.4, -0.2) is 73.7 Å². The maximum atomic E-state index is 12.3. The lowest BCUT2D eigenvalue weighted by molar-refractivity contribution is -0.141. The fourth-order valence-corrected chi connectivity index (χ4v) is 2.94. The number of piperazine rings is 1. The van der Waals surface area contributed by atoms with E-state index in [4.69, 9.17) is 4.74 Å². The number of nitrogens with zero attached hydrogens (tertiary/aromatic N) is 2. The van der Waals surface area contributed by atoms with Crippen LogP contribution in [0, 0.1) is 0 Å². The Morgan fingerprint density at radius 3 is 2.90 bits per heavy atom. The second-order valence-corrected chi connectivity index (χ2v) is 5.60. The molecule has 0 aliphatic carbocycles. The van der Waals surface area contributed by atoms with Crippen LogP contribution < -0.4 is 5.32 Å². The molecule has 0 aromatic carbocycles. The van der Waals surface area contributed by atoms with Crippen LogP contribution in [0.15, 0.2) is 12.7 Å². The first-order valence-corrected chi connectivity index (χ1v) is 7.68. The number of nitrogens with one attached hydrogen (secondary N) is 1. The van der Waals surface area contributed by atoms with E-state index in [1.54, 1.807) is 0 Å². The molecule has 2 unspecified atom stereocenters. The highest BCUT2D eigenvalue weighted by Gasteiger charge is 2.32. The molecule has 2 saturated heterocycles. The van der Waals surface area contributed by atoms with E-state index in [0.717, 1.165) is 52.1 Å². The van der Waals surface area contributed by atoms with Gasteiger partial charge in [0.25, 0.3) is 5.91 Å². The minimum atomic E-state index is -0.336.